The van der Waals surface area contributed by atoms with E-state index in [1.807, 2.05) is 18.4 Å². The first-order valence-corrected chi connectivity index (χ1v) is 6.54. The van der Waals surface area contributed by atoms with Crippen LogP contribution < -0.4 is 4.74 Å². The first-order chi connectivity index (χ1) is 9.11. The number of aromatic nitrogens is 1. The Morgan fingerprint density at radius 1 is 1.32 bits per heavy atom. The molecule has 1 aromatic carbocycles. The molecule has 0 saturated heterocycles. The highest BCUT2D eigenvalue weighted by Gasteiger charge is 2.16. The Bertz CT molecular complexity index is 601. The van der Waals surface area contributed by atoms with Crippen molar-refractivity contribution >= 4 is 17.7 Å². The molecule has 1 aromatic heterocycles. The molecule has 0 bridgehead atoms. The average Bonchev–Trinajstić information content (AvgIpc) is 2.41. The minimum atomic E-state index is -1.36. The van der Waals surface area contributed by atoms with Gasteiger partial charge in [-0.2, -0.15) is 0 Å². The molecule has 0 unspecified atom stereocenters. The number of rotatable bonds is 4. The topological polar surface area (TPSA) is 59.4 Å². The fourth-order valence-corrected chi connectivity index (χ4v) is 1.82. The summed E-state index contributed by atoms with van der Waals surface area (Å²) in [5.74, 6) is -2.30. The van der Waals surface area contributed by atoms with Crippen LogP contribution in [0.5, 0.6) is 11.6 Å². The summed E-state index contributed by atoms with van der Waals surface area (Å²) in [6, 6.07) is 8.06. The second-order valence-corrected chi connectivity index (χ2v) is 4.44. The molecule has 0 saturated carbocycles. The van der Waals surface area contributed by atoms with Gasteiger partial charge in [-0.25, -0.2) is 14.2 Å². The van der Waals surface area contributed by atoms with Crippen molar-refractivity contribution in [3.05, 3.63) is 47.9 Å². The number of hydrogen-bond acceptors (Lipinski definition) is 4. The molecular weight excluding hydrogens is 269 g/mol. The van der Waals surface area contributed by atoms with Gasteiger partial charge in [-0.05, 0) is 36.6 Å². The standard InChI is InChI=1S/C13H10FNO3S/c1-19-9-4-2-8(3-5-9)18-12-11(14)10(13(16)17)6-7-15-12/h2-7H,1H3,(H,16,17). The number of carboxylic acid groups (broad SMARTS) is 1. The summed E-state index contributed by atoms with van der Waals surface area (Å²) in [4.78, 5) is 15.5. The summed E-state index contributed by atoms with van der Waals surface area (Å²) in [5.41, 5.74) is -0.467. The summed E-state index contributed by atoms with van der Waals surface area (Å²) in [7, 11) is 0. The van der Waals surface area contributed by atoms with Crippen molar-refractivity contribution in [2.24, 2.45) is 0 Å². The monoisotopic (exact) mass is 279 g/mol. The fraction of sp³-hybridized carbons (Fsp3) is 0.0769. The lowest BCUT2D eigenvalue weighted by molar-refractivity contribution is 0.0690. The number of pyridine rings is 1. The molecule has 2 aromatic rings. The summed E-state index contributed by atoms with van der Waals surface area (Å²) < 4.78 is 19.0. The number of aromatic carboxylic acids is 1. The van der Waals surface area contributed by atoms with Crippen molar-refractivity contribution in [2.75, 3.05) is 6.26 Å². The Morgan fingerprint density at radius 3 is 2.58 bits per heavy atom. The molecule has 0 spiro atoms. The van der Waals surface area contributed by atoms with Crippen molar-refractivity contribution in [1.82, 2.24) is 4.98 Å². The van der Waals surface area contributed by atoms with Gasteiger partial charge in [-0.3, -0.25) is 0 Å². The highest BCUT2D eigenvalue weighted by atomic mass is 32.2. The van der Waals surface area contributed by atoms with E-state index < -0.39 is 17.3 Å². The first kappa shape index (κ1) is 13.4. The lowest BCUT2D eigenvalue weighted by Crippen LogP contribution is -2.03. The van der Waals surface area contributed by atoms with Crippen LogP contribution in [0, 0.1) is 5.82 Å². The van der Waals surface area contributed by atoms with Crippen molar-refractivity contribution in [2.45, 2.75) is 4.90 Å². The molecule has 0 aliphatic carbocycles. The lowest BCUT2D eigenvalue weighted by atomic mass is 10.2. The molecule has 0 aliphatic heterocycles. The number of carboxylic acids is 1. The number of carbonyl (C=O) groups is 1. The van der Waals surface area contributed by atoms with Gasteiger partial charge in [-0.15, -0.1) is 11.8 Å². The van der Waals surface area contributed by atoms with Crippen molar-refractivity contribution in [1.29, 1.82) is 0 Å². The number of ether oxygens (including phenoxy) is 1. The van der Waals surface area contributed by atoms with E-state index in [1.165, 1.54) is 6.20 Å². The summed E-state index contributed by atoms with van der Waals surface area (Å²) in [5, 5.41) is 8.80. The predicted molar refractivity (Wildman–Crippen MR) is 69.5 cm³/mol. The maximum absolute atomic E-state index is 13.8. The van der Waals surface area contributed by atoms with Crippen LogP contribution in [0.15, 0.2) is 41.4 Å². The Hall–Kier alpha value is -2.08. The molecule has 0 amide bonds. The zero-order valence-electron chi connectivity index (χ0n) is 9.96. The van der Waals surface area contributed by atoms with Crippen LogP contribution in [0.4, 0.5) is 4.39 Å². The van der Waals surface area contributed by atoms with E-state index in [0.717, 1.165) is 11.0 Å². The highest BCUT2D eigenvalue weighted by molar-refractivity contribution is 7.98. The first-order valence-electron chi connectivity index (χ1n) is 5.31. The van der Waals surface area contributed by atoms with Crippen LogP contribution >= 0.6 is 11.8 Å². The number of thioether (sulfide) groups is 1. The third-order valence-corrected chi connectivity index (χ3v) is 3.11. The fourth-order valence-electron chi connectivity index (χ4n) is 1.42. The molecule has 0 radical (unpaired) electrons. The molecule has 1 N–H and O–H groups in total. The minimum absolute atomic E-state index is 0.350. The van der Waals surface area contributed by atoms with Crippen LogP contribution in [-0.4, -0.2) is 22.3 Å². The number of hydrogen-bond donors (Lipinski definition) is 1. The Balaban J connectivity index is 2.27. The third-order valence-electron chi connectivity index (χ3n) is 2.36. The molecule has 0 fully saturated rings. The Kier molecular flexibility index (Phi) is 4.01. The van der Waals surface area contributed by atoms with Gasteiger partial charge in [0.05, 0.1) is 0 Å². The maximum Gasteiger partial charge on any atom is 0.338 e. The van der Waals surface area contributed by atoms with Gasteiger partial charge in [0, 0.05) is 11.1 Å². The van der Waals surface area contributed by atoms with Gasteiger partial charge in [0.2, 0.25) is 0 Å². The summed E-state index contributed by atoms with van der Waals surface area (Å²) in [6.45, 7) is 0. The van der Waals surface area contributed by atoms with Crippen LogP contribution in [-0.2, 0) is 0 Å². The highest BCUT2D eigenvalue weighted by Crippen LogP contribution is 2.26. The van der Waals surface area contributed by atoms with E-state index >= 15 is 0 Å². The quantitative estimate of drug-likeness (QED) is 0.869. The maximum atomic E-state index is 13.8. The summed E-state index contributed by atoms with van der Waals surface area (Å²) in [6.07, 6.45) is 3.13. The number of nitrogens with zero attached hydrogens (tertiary/aromatic N) is 1. The normalized spacial score (nSPS) is 10.2. The van der Waals surface area contributed by atoms with Gasteiger partial charge in [0.1, 0.15) is 11.3 Å². The van der Waals surface area contributed by atoms with Crippen LogP contribution in [0.2, 0.25) is 0 Å². The smallest absolute Gasteiger partial charge is 0.338 e. The summed E-state index contributed by atoms with van der Waals surface area (Å²) >= 11 is 1.57. The van der Waals surface area contributed by atoms with Crippen molar-refractivity contribution in [3.63, 3.8) is 0 Å². The predicted octanol–water partition coefficient (Wildman–Crippen LogP) is 3.43. The van der Waals surface area contributed by atoms with Crippen molar-refractivity contribution in [3.8, 4) is 11.6 Å². The Labute approximate surface area is 113 Å². The van der Waals surface area contributed by atoms with Gasteiger partial charge >= 0.3 is 5.97 Å². The minimum Gasteiger partial charge on any atom is -0.478 e. The zero-order chi connectivity index (χ0) is 13.8. The second-order valence-electron chi connectivity index (χ2n) is 3.56. The van der Waals surface area contributed by atoms with Crippen LogP contribution in [0.1, 0.15) is 10.4 Å². The Morgan fingerprint density at radius 2 is 2.00 bits per heavy atom. The van der Waals surface area contributed by atoms with E-state index in [2.05, 4.69) is 4.98 Å². The molecule has 6 heteroatoms. The molecule has 98 valence electrons. The van der Waals surface area contributed by atoms with E-state index in [9.17, 15) is 9.18 Å². The molecular formula is C13H10FNO3S. The number of halogens is 1. The number of benzene rings is 1. The van der Waals surface area contributed by atoms with Crippen LogP contribution in [0.25, 0.3) is 0 Å². The molecule has 4 nitrogen and oxygen atoms in total. The zero-order valence-corrected chi connectivity index (χ0v) is 10.8. The second kappa shape index (κ2) is 5.71. The van der Waals surface area contributed by atoms with Gasteiger partial charge in [-0.1, -0.05) is 0 Å². The molecule has 0 aliphatic rings. The van der Waals surface area contributed by atoms with Crippen LogP contribution in [0.3, 0.4) is 0 Å². The van der Waals surface area contributed by atoms with E-state index in [-0.39, 0.29) is 5.88 Å². The molecule has 19 heavy (non-hydrogen) atoms. The van der Waals surface area contributed by atoms with Gasteiger partial charge in [0.25, 0.3) is 5.88 Å². The van der Waals surface area contributed by atoms with Crippen molar-refractivity contribution < 1.29 is 19.0 Å². The van der Waals surface area contributed by atoms with E-state index in [4.69, 9.17) is 9.84 Å². The van der Waals surface area contributed by atoms with E-state index in [1.54, 1.807) is 23.9 Å². The molecule has 1 heterocycles. The third kappa shape index (κ3) is 3.03. The SMILES string of the molecule is CSc1ccc(Oc2nccc(C(=O)O)c2F)cc1. The van der Waals surface area contributed by atoms with Gasteiger partial charge < -0.3 is 9.84 Å². The van der Waals surface area contributed by atoms with Gasteiger partial charge in [0.15, 0.2) is 5.82 Å². The molecule has 2 rings (SSSR count). The lowest BCUT2D eigenvalue weighted by Gasteiger charge is -2.07. The average molecular weight is 279 g/mol. The largest absolute Gasteiger partial charge is 0.478 e. The van der Waals surface area contributed by atoms with E-state index in [0.29, 0.717) is 5.75 Å². The molecule has 0 atom stereocenters.